The topological polar surface area (TPSA) is 41.3 Å². The summed E-state index contributed by atoms with van der Waals surface area (Å²) in [6, 6.07) is 17.0. The Hall–Kier alpha value is -2.50. The van der Waals surface area contributed by atoms with E-state index in [2.05, 4.69) is 16.2 Å². The van der Waals surface area contributed by atoms with Gasteiger partial charge in [-0.25, -0.2) is 9.07 Å². The van der Waals surface area contributed by atoms with Crippen molar-refractivity contribution >= 4 is 0 Å². The van der Waals surface area contributed by atoms with Crippen molar-refractivity contribution in [2.24, 2.45) is 5.41 Å². The minimum atomic E-state index is -0.296. The van der Waals surface area contributed by atoms with Crippen LogP contribution in [0.2, 0.25) is 0 Å². The summed E-state index contributed by atoms with van der Waals surface area (Å²) in [6.45, 7) is 2.59. The van der Waals surface area contributed by atoms with Crippen LogP contribution in [0.15, 0.2) is 67.0 Å². The molecule has 2 aromatic carbocycles. The van der Waals surface area contributed by atoms with Crippen LogP contribution in [0.3, 0.4) is 0 Å². The molecule has 2 heterocycles. The quantitative estimate of drug-likeness (QED) is 0.708. The zero-order chi connectivity index (χ0) is 19.4. The highest BCUT2D eigenvalue weighted by atomic mass is 19.1. The molecule has 1 aromatic heterocycles. The van der Waals surface area contributed by atoms with E-state index in [1.54, 1.807) is 6.07 Å². The smallest absolute Gasteiger partial charge is 0.126 e. The lowest BCUT2D eigenvalue weighted by Gasteiger charge is -2.42. The van der Waals surface area contributed by atoms with E-state index in [4.69, 9.17) is 0 Å². The number of benzene rings is 2. The van der Waals surface area contributed by atoms with Crippen LogP contribution in [0.4, 0.5) is 4.39 Å². The third-order valence-corrected chi connectivity index (χ3v) is 5.66. The number of likely N-dealkylation sites (tertiary alicyclic amines) is 1. The molecule has 0 radical (unpaired) electrons. The minimum absolute atomic E-state index is 0.0705. The normalized spacial score (nSPS) is 20.4. The molecule has 1 atom stereocenters. The molecule has 0 saturated carbocycles. The molecule has 146 valence electrons. The third-order valence-electron chi connectivity index (χ3n) is 5.66. The number of aliphatic hydroxyl groups excluding tert-OH is 1. The molecule has 0 spiro atoms. The van der Waals surface area contributed by atoms with Gasteiger partial charge in [0.25, 0.3) is 0 Å². The fourth-order valence-electron chi connectivity index (χ4n) is 4.24. The molecule has 0 bridgehead atoms. The number of halogens is 1. The van der Waals surface area contributed by atoms with Gasteiger partial charge in [0.15, 0.2) is 0 Å². The van der Waals surface area contributed by atoms with Gasteiger partial charge in [0.1, 0.15) is 5.82 Å². The molecular formula is C23H26FN3O. The molecular weight excluding hydrogens is 353 g/mol. The zero-order valence-corrected chi connectivity index (χ0v) is 16.0. The Morgan fingerprint density at radius 3 is 2.64 bits per heavy atom. The highest BCUT2D eigenvalue weighted by Gasteiger charge is 2.35. The van der Waals surface area contributed by atoms with Crippen molar-refractivity contribution in [1.29, 1.82) is 0 Å². The van der Waals surface area contributed by atoms with E-state index in [1.807, 2.05) is 53.3 Å². The van der Waals surface area contributed by atoms with E-state index in [0.717, 1.165) is 43.7 Å². The number of para-hydroxylation sites is 1. The lowest BCUT2D eigenvalue weighted by Crippen LogP contribution is -2.46. The van der Waals surface area contributed by atoms with Crippen LogP contribution < -0.4 is 0 Å². The van der Waals surface area contributed by atoms with Gasteiger partial charge in [-0.05, 0) is 49.6 Å². The monoisotopic (exact) mass is 379 g/mol. The highest BCUT2D eigenvalue weighted by molar-refractivity contribution is 5.31. The van der Waals surface area contributed by atoms with Gasteiger partial charge in [-0.1, -0.05) is 36.4 Å². The van der Waals surface area contributed by atoms with Gasteiger partial charge in [0.05, 0.1) is 18.5 Å². The van der Waals surface area contributed by atoms with Gasteiger partial charge in [0.2, 0.25) is 0 Å². The van der Waals surface area contributed by atoms with E-state index >= 15 is 0 Å². The molecule has 0 amide bonds. The van der Waals surface area contributed by atoms with Crippen molar-refractivity contribution in [1.82, 2.24) is 14.7 Å². The molecule has 28 heavy (non-hydrogen) atoms. The van der Waals surface area contributed by atoms with E-state index < -0.39 is 0 Å². The maximum absolute atomic E-state index is 14.2. The summed E-state index contributed by atoms with van der Waals surface area (Å²) < 4.78 is 16.0. The van der Waals surface area contributed by atoms with E-state index in [-0.39, 0.29) is 17.8 Å². The third kappa shape index (κ3) is 4.16. The summed E-state index contributed by atoms with van der Waals surface area (Å²) in [5.41, 5.74) is 2.58. The van der Waals surface area contributed by atoms with Gasteiger partial charge in [0, 0.05) is 30.3 Å². The zero-order valence-electron chi connectivity index (χ0n) is 16.0. The molecule has 5 heteroatoms. The Balaban J connectivity index is 1.46. The van der Waals surface area contributed by atoms with Crippen molar-refractivity contribution in [3.05, 3.63) is 83.9 Å². The summed E-state index contributed by atoms with van der Waals surface area (Å²) in [6.07, 6.45) is 6.44. The van der Waals surface area contributed by atoms with Crippen LogP contribution in [0.1, 0.15) is 24.0 Å². The maximum atomic E-state index is 14.2. The molecule has 0 aliphatic carbocycles. The largest absolute Gasteiger partial charge is 0.396 e. The number of aromatic nitrogens is 2. The molecule has 4 rings (SSSR count). The van der Waals surface area contributed by atoms with Crippen LogP contribution in [0.5, 0.6) is 0 Å². The van der Waals surface area contributed by atoms with Crippen LogP contribution >= 0.6 is 0 Å². The second kappa shape index (κ2) is 8.25. The first-order valence-electron chi connectivity index (χ1n) is 9.83. The molecule has 1 N–H and O–H groups in total. The van der Waals surface area contributed by atoms with E-state index in [1.165, 1.54) is 6.07 Å². The van der Waals surface area contributed by atoms with Gasteiger partial charge >= 0.3 is 0 Å². The van der Waals surface area contributed by atoms with Crippen LogP contribution in [-0.4, -0.2) is 39.5 Å². The number of hydrogen-bond donors (Lipinski definition) is 1. The fraction of sp³-hybridized carbons (Fsp3) is 0.348. The average Bonchev–Trinajstić information content (AvgIpc) is 3.19. The molecule has 1 aliphatic rings. The fourth-order valence-corrected chi connectivity index (χ4v) is 4.24. The Morgan fingerprint density at radius 2 is 1.86 bits per heavy atom. The first-order valence-corrected chi connectivity index (χ1v) is 9.83. The molecule has 1 fully saturated rings. The number of aliphatic hydroxyl groups is 1. The Morgan fingerprint density at radius 1 is 1.07 bits per heavy atom. The maximum Gasteiger partial charge on any atom is 0.126 e. The summed E-state index contributed by atoms with van der Waals surface area (Å²) in [5, 5.41) is 14.6. The van der Waals surface area contributed by atoms with Crippen molar-refractivity contribution < 1.29 is 9.50 Å². The molecule has 0 unspecified atom stereocenters. The second-order valence-corrected chi connectivity index (χ2v) is 7.87. The van der Waals surface area contributed by atoms with Crippen molar-refractivity contribution in [3.63, 3.8) is 0 Å². The van der Waals surface area contributed by atoms with Crippen LogP contribution in [0.25, 0.3) is 5.69 Å². The SMILES string of the molecule is OC[C@@]1(Cc2ccccc2F)CCCN(Cc2cnn(-c3ccccc3)c2)C1. The summed E-state index contributed by atoms with van der Waals surface area (Å²) in [7, 11) is 0. The first kappa shape index (κ1) is 18.8. The predicted octanol–water partition coefficient (Wildman–Crippen LogP) is 3.83. The highest BCUT2D eigenvalue weighted by Crippen LogP contribution is 2.34. The Labute approximate surface area is 165 Å². The van der Waals surface area contributed by atoms with Gasteiger partial charge in [-0.2, -0.15) is 5.10 Å². The van der Waals surface area contributed by atoms with Gasteiger partial charge in [-0.15, -0.1) is 0 Å². The van der Waals surface area contributed by atoms with Crippen molar-refractivity contribution in [2.45, 2.75) is 25.8 Å². The molecule has 4 nitrogen and oxygen atoms in total. The first-order chi connectivity index (χ1) is 13.7. The number of piperidine rings is 1. The summed E-state index contributed by atoms with van der Waals surface area (Å²) >= 11 is 0. The summed E-state index contributed by atoms with van der Waals surface area (Å²) in [4.78, 5) is 2.35. The number of hydrogen-bond acceptors (Lipinski definition) is 3. The van der Waals surface area contributed by atoms with E-state index in [9.17, 15) is 9.50 Å². The van der Waals surface area contributed by atoms with Crippen LogP contribution in [0, 0.1) is 11.2 Å². The van der Waals surface area contributed by atoms with Gasteiger partial charge in [-0.3, -0.25) is 4.90 Å². The average molecular weight is 379 g/mol. The van der Waals surface area contributed by atoms with Gasteiger partial charge < -0.3 is 5.11 Å². The lowest BCUT2D eigenvalue weighted by molar-refractivity contribution is 0.0283. The molecule has 3 aromatic rings. The van der Waals surface area contributed by atoms with E-state index in [0.29, 0.717) is 12.0 Å². The lowest BCUT2D eigenvalue weighted by atomic mass is 9.75. The standard InChI is InChI=1S/C23H26FN3O/c24-22-10-5-4-7-20(22)13-23(18-28)11-6-12-26(17-23)15-19-14-25-27(16-19)21-8-2-1-3-9-21/h1-5,7-10,14,16,28H,6,11-13,15,17-18H2/t23-/m1/s1. The van der Waals surface area contributed by atoms with Crippen LogP contribution in [-0.2, 0) is 13.0 Å². The Kier molecular flexibility index (Phi) is 5.55. The molecule has 1 saturated heterocycles. The number of rotatable bonds is 6. The van der Waals surface area contributed by atoms with Crippen molar-refractivity contribution in [3.8, 4) is 5.69 Å². The summed E-state index contributed by atoms with van der Waals surface area (Å²) in [5.74, 6) is -0.184. The second-order valence-electron chi connectivity index (χ2n) is 7.87. The molecule has 1 aliphatic heterocycles. The number of nitrogens with zero attached hydrogens (tertiary/aromatic N) is 3. The van der Waals surface area contributed by atoms with Crippen molar-refractivity contribution in [2.75, 3.05) is 19.7 Å². The Bertz CT molecular complexity index is 911. The predicted molar refractivity (Wildman–Crippen MR) is 108 cm³/mol. The minimum Gasteiger partial charge on any atom is -0.396 e.